The average Bonchev–Trinajstić information content (AvgIpc) is 3.05. The number of aryl methyl sites for hydroxylation is 1. The van der Waals surface area contributed by atoms with Crippen molar-refractivity contribution >= 4 is 46.0 Å². The molecule has 2 aromatic carbocycles. The van der Waals surface area contributed by atoms with Crippen molar-refractivity contribution in [2.24, 2.45) is 10.7 Å². The van der Waals surface area contributed by atoms with E-state index in [1.54, 1.807) is 16.3 Å². The largest absolute Gasteiger partial charge is 0.387 e. The molecule has 188 valence electrons. The van der Waals surface area contributed by atoms with Crippen LogP contribution in [-0.4, -0.2) is 46.3 Å². The highest BCUT2D eigenvalue weighted by molar-refractivity contribution is 7.98. The maximum Gasteiger partial charge on any atom is 0.258 e. The van der Waals surface area contributed by atoms with Gasteiger partial charge in [-0.25, -0.2) is 4.99 Å². The summed E-state index contributed by atoms with van der Waals surface area (Å²) in [6, 6.07) is 14.0. The van der Waals surface area contributed by atoms with Crippen molar-refractivity contribution in [3.63, 3.8) is 0 Å². The Hall–Kier alpha value is -3.32. The summed E-state index contributed by atoms with van der Waals surface area (Å²) < 4.78 is 1.77. The Bertz CT molecular complexity index is 1380. The highest BCUT2D eigenvalue weighted by Crippen LogP contribution is 2.33. The number of aromatic nitrogens is 1. The summed E-state index contributed by atoms with van der Waals surface area (Å²) in [7, 11) is 0. The molecule has 36 heavy (non-hydrogen) atoms. The van der Waals surface area contributed by atoms with Crippen molar-refractivity contribution < 1.29 is 4.79 Å². The fourth-order valence-electron chi connectivity index (χ4n) is 4.60. The van der Waals surface area contributed by atoms with Crippen molar-refractivity contribution in [1.82, 2.24) is 9.47 Å². The fraction of sp³-hybridized carbons (Fsp3) is 0.345. The third-order valence-electron chi connectivity index (χ3n) is 6.39. The molecule has 4 rings (SSSR count). The highest BCUT2D eigenvalue weighted by atomic mass is 32.2. The lowest BCUT2D eigenvalue weighted by Gasteiger charge is -2.22. The van der Waals surface area contributed by atoms with Gasteiger partial charge in [-0.05, 0) is 66.0 Å². The van der Waals surface area contributed by atoms with Crippen molar-refractivity contribution in [2.45, 2.75) is 39.7 Å². The van der Waals surface area contributed by atoms with Crippen LogP contribution in [0.4, 0.5) is 5.69 Å². The maximum atomic E-state index is 13.2. The first-order chi connectivity index (χ1) is 17.4. The summed E-state index contributed by atoms with van der Waals surface area (Å²) in [6.45, 7) is 6.33. The van der Waals surface area contributed by atoms with Gasteiger partial charge in [-0.1, -0.05) is 32.0 Å². The van der Waals surface area contributed by atoms with E-state index < -0.39 is 0 Å². The van der Waals surface area contributed by atoms with E-state index in [-0.39, 0.29) is 11.5 Å². The van der Waals surface area contributed by atoms with Gasteiger partial charge >= 0.3 is 0 Å². The number of aliphatic imine (C=N–C) groups is 1. The normalized spacial score (nSPS) is 13.1. The van der Waals surface area contributed by atoms with Gasteiger partial charge in [0.25, 0.3) is 5.56 Å². The molecule has 0 bridgehead atoms. The van der Waals surface area contributed by atoms with Crippen LogP contribution in [-0.2, 0) is 11.3 Å². The zero-order chi connectivity index (χ0) is 25.7. The Morgan fingerprint density at radius 3 is 2.53 bits per heavy atom. The number of nitrogens with two attached hydrogens (primary N) is 1. The Balaban J connectivity index is 1.68. The third-order valence-corrected chi connectivity index (χ3v) is 6.98. The molecule has 0 spiro atoms. The van der Waals surface area contributed by atoms with Gasteiger partial charge in [0.2, 0.25) is 5.91 Å². The molecular formula is C29H34N4O2S. The Morgan fingerprint density at radius 2 is 1.81 bits per heavy atom. The van der Waals surface area contributed by atoms with Crippen LogP contribution >= 0.6 is 11.8 Å². The quantitative estimate of drug-likeness (QED) is 0.422. The Morgan fingerprint density at radius 1 is 1.08 bits per heavy atom. The molecule has 7 heteroatoms. The van der Waals surface area contributed by atoms with Gasteiger partial charge in [0.1, 0.15) is 5.84 Å². The number of hydrogen-bond donors (Lipinski definition) is 1. The molecule has 3 aromatic rings. The molecule has 1 aromatic heterocycles. The zero-order valence-electron chi connectivity index (χ0n) is 21.3. The van der Waals surface area contributed by atoms with Crippen LogP contribution in [0.5, 0.6) is 0 Å². The predicted octanol–water partition coefficient (Wildman–Crippen LogP) is 5.46. The molecule has 1 aliphatic heterocycles. The van der Waals surface area contributed by atoms with E-state index in [4.69, 9.17) is 5.73 Å². The van der Waals surface area contributed by atoms with E-state index in [0.29, 0.717) is 29.8 Å². The van der Waals surface area contributed by atoms with Crippen LogP contribution in [0.2, 0.25) is 0 Å². The van der Waals surface area contributed by atoms with Gasteiger partial charge in [0.05, 0.1) is 5.69 Å². The van der Waals surface area contributed by atoms with Crippen molar-refractivity contribution in [1.29, 1.82) is 0 Å². The van der Waals surface area contributed by atoms with Gasteiger partial charge < -0.3 is 15.2 Å². The SMILES string of the molecule is CCCN(CCC)C(=O)C1=Cc2ccc(-c3ccc4c(=O)n(CCSC)ccc4c3)cc2N=C(N)C1. The van der Waals surface area contributed by atoms with E-state index >= 15 is 0 Å². The second-order valence-corrected chi connectivity index (χ2v) is 10.1. The van der Waals surface area contributed by atoms with E-state index in [9.17, 15) is 9.59 Å². The molecular weight excluding hydrogens is 468 g/mol. The lowest BCUT2D eigenvalue weighted by atomic mass is 9.99. The summed E-state index contributed by atoms with van der Waals surface area (Å²) in [5.41, 5.74) is 10.6. The van der Waals surface area contributed by atoms with Gasteiger partial charge in [0, 0.05) is 54.5 Å². The number of thioether (sulfide) groups is 1. The summed E-state index contributed by atoms with van der Waals surface area (Å²) in [5.74, 6) is 1.37. The smallest absolute Gasteiger partial charge is 0.258 e. The monoisotopic (exact) mass is 502 g/mol. The van der Waals surface area contributed by atoms with E-state index in [1.807, 2.05) is 65.9 Å². The number of carbonyl (C=O) groups excluding carboxylic acids is 1. The van der Waals surface area contributed by atoms with E-state index in [0.717, 1.165) is 59.4 Å². The number of amides is 1. The van der Waals surface area contributed by atoms with Crippen molar-refractivity contribution in [3.05, 3.63) is 70.2 Å². The summed E-state index contributed by atoms with van der Waals surface area (Å²) in [5, 5.41) is 1.63. The number of nitrogens with zero attached hydrogens (tertiary/aromatic N) is 3. The standard InChI is InChI=1S/C29H34N4O2S/c1-4-11-32(12-5-2)28(34)24-17-23-7-6-21(18-26(23)31-27(30)19-24)20-8-9-25-22(16-20)10-13-33(29(25)35)14-15-36-3/h6-10,13,16-18H,4-5,11-12,14-15,19H2,1-3H3,(H2,30,31). The molecule has 1 amide bonds. The molecule has 2 heterocycles. The molecule has 0 fully saturated rings. The molecule has 2 N–H and O–H groups in total. The van der Waals surface area contributed by atoms with Crippen LogP contribution in [0.25, 0.3) is 28.0 Å². The second kappa shape index (κ2) is 11.6. The molecule has 0 radical (unpaired) electrons. The van der Waals surface area contributed by atoms with Gasteiger partial charge in [-0.2, -0.15) is 11.8 Å². The first-order valence-corrected chi connectivity index (χ1v) is 13.9. The molecule has 6 nitrogen and oxygen atoms in total. The maximum absolute atomic E-state index is 13.2. The summed E-state index contributed by atoms with van der Waals surface area (Å²) in [4.78, 5) is 32.6. The van der Waals surface area contributed by atoms with Gasteiger partial charge in [-0.3, -0.25) is 9.59 Å². The first kappa shape index (κ1) is 25.8. The van der Waals surface area contributed by atoms with Gasteiger partial charge in [0.15, 0.2) is 0 Å². The van der Waals surface area contributed by atoms with Gasteiger partial charge in [-0.15, -0.1) is 0 Å². The van der Waals surface area contributed by atoms with Crippen LogP contribution in [0, 0.1) is 0 Å². The number of carbonyl (C=O) groups is 1. The first-order valence-electron chi connectivity index (χ1n) is 12.5. The molecule has 0 aliphatic carbocycles. The summed E-state index contributed by atoms with van der Waals surface area (Å²) in [6.07, 6.45) is 8.01. The number of hydrogen-bond acceptors (Lipinski definition) is 5. The highest BCUT2D eigenvalue weighted by Gasteiger charge is 2.21. The third kappa shape index (κ3) is 5.57. The fourth-order valence-corrected chi connectivity index (χ4v) is 4.98. The van der Waals surface area contributed by atoms with Crippen LogP contribution in [0.15, 0.2) is 64.0 Å². The predicted molar refractivity (Wildman–Crippen MR) is 153 cm³/mol. The Labute approximate surface area is 216 Å². The second-order valence-electron chi connectivity index (χ2n) is 9.12. The van der Waals surface area contributed by atoms with Crippen LogP contribution in [0.1, 0.15) is 38.7 Å². The summed E-state index contributed by atoms with van der Waals surface area (Å²) >= 11 is 1.73. The number of fused-ring (bicyclic) bond motifs is 2. The number of amidine groups is 1. The number of benzene rings is 2. The Kier molecular flexibility index (Phi) is 8.31. The number of rotatable bonds is 9. The van der Waals surface area contributed by atoms with Crippen molar-refractivity contribution in [3.8, 4) is 11.1 Å². The minimum absolute atomic E-state index is 0.0338. The van der Waals surface area contributed by atoms with Crippen LogP contribution < -0.4 is 11.3 Å². The molecule has 0 saturated heterocycles. The lowest BCUT2D eigenvalue weighted by molar-refractivity contribution is -0.127. The minimum Gasteiger partial charge on any atom is -0.387 e. The molecule has 0 unspecified atom stereocenters. The minimum atomic E-state index is 0.0338. The van der Waals surface area contributed by atoms with Crippen molar-refractivity contribution in [2.75, 3.05) is 25.1 Å². The lowest BCUT2D eigenvalue weighted by Crippen LogP contribution is -2.34. The molecule has 0 saturated carbocycles. The average molecular weight is 503 g/mol. The molecule has 1 aliphatic rings. The van der Waals surface area contributed by atoms with E-state index in [1.165, 1.54) is 0 Å². The topological polar surface area (TPSA) is 80.7 Å². The van der Waals surface area contributed by atoms with E-state index in [2.05, 4.69) is 18.8 Å². The molecule has 0 atom stereocenters. The zero-order valence-corrected chi connectivity index (χ0v) is 22.1. The van der Waals surface area contributed by atoms with Crippen LogP contribution in [0.3, 0.4) is 0 Å². The number of pyridine rings is 1.